The van der Waals surface area contributed by atoms with Crippen LogP contribution in [0.4, 0.5) is 5.69 Å². The van der Waals surface area contributed by atoms with Gasteiger partial charge in [0.2, 0.25) is 5.91 Å². The number of carbonyl (C=O) groups is 1. The third-order valence-corrected chi connectivity index (χ3v) is 8.27. The van der Waals surface area contributed by atoms with Crippen LogP contribution >= 0.6 is 0 Å². The topological polar surface area (TPSA) is 31.7 Å². The van der Waals surface area contributed by atoms with E-state index in [0.717, 1.165) is 58.7 Å². The summed E-state index contributed by atoms with van der Waals surface area (Å²) >= 11 is 0. The van der Waals surface area contributed by atoms with Crippen LogP contribution in [-0.4, -0.2) is 59.0 Å². The van der Waals surface area contributed by atoms with Crippen molar-refractivity contribution in [3.8, 4) is 0 Å². The van der Waals surface area contributed by atoms with Crippen LogP contribution < -0.4 is 4.90 Å². The third kappa shape index (κ3) is 4.71. The Hall–Kier alpha value is -2.79. The van der Waals surface area contributed by atoms with E-state index in [1.807, 2.05) is 0 Å². The summed E-state index contributed by atoms with van der Waals surface area (Å²) in [7, 11) is 0. The first kappa shape index (κ1) is 23.9. The molecule has 3 aromatic rings. The fraction of sp³-hybridized carbons (Fsp3) is 0.500. The van der Waals surface area contributed by atoms with Crippen LogP contribution in [0.2, 0.25) is 0 Å². The van der Waals surface area contributed by atoms with E-state index in [4.69, 9.17) is 0 Å². The van der Waals surface area contributed by atoms with Gasteiger partial charge < -0.3 is 14.4 Å². The first-order chi connectivity index (χ1) is 17.0. The summed E-state index contributed by atoms with van der Waals surface area (Å²) in [5, 5.41) is 1.38. The van der Waals surface area contributed by atoms with E-state index in [1.165, 1.54) is 33.4 Å². The first-order valence-electron chi connectivity index (χ1n) is 13.4. The van der Waals surface area contributed by atoms with Crippen molar-refractivity contribution in [2.75, 3.05) is 37.6 Å². The number of aromatic nitrogens is 1. The maximum atomic E-state index is 13.4. The second-order valence-electron chi connectivity index (χ2n) is 10.5. The van der Waals surface area contributed by atoms with Gasteiger partial charge in [-0.2, -0.15) is 0 Å². The summed E-state index contributed by atoms with van der Waals surface area (Å²) in [6.45, 7) is 15.4. The molecular weight excluding hydrogens is 432 g/mol. The number of piperidine rings is 1. The summed E-state index contributed by atoms with van der Waals surface area (Å²) < 4.78 is 2.43. The Kier molecular flexibility index (Phi) is 6.88. The zero-order chi connectivity index (χ0) is 24.5. The molecule has 2 saturated heterocycles. The van der Waals surface area contributed by atoms with Gasteiger partial charge in [-0.25, -0.2) is 0 Å². The molecule has 0 bridgehead atoms. The summed E-state index contributed by atoms with van der Waals surface area (Å²) in [6, 6.07) is 17.8. The number of nitrogens with zero attached hydrogens (tertiary/aromatic N) is 4. The minimum Gasteiger partial charge on any atom is -0.365 e. The van der Waals surface area contributed by atoms with Crippen LogP contribution in [0.5, 0.6) is 0 Å². The summed E-state index contributed by atoms with van der Waals surface area (Å²) in [6.07, 6.45) is 1.94. The van der Waals surface area contributed by atoms with Gasteiger partial charge in [-0.15, -0.1) is 0 Å². The van der Waals surface area contributed by atoms with Crippen molar-refractivity contribution in [2.45, 2.75) is 59.7 Å². The lowest BCUT2D eigenvalue weighted by Crippen LogP contribution is -2.55. The average molecular weight is 473 g/mol. The lowest BCUT2D eigenvalue weighted by Gasteiger charge is -2.43. The van der Waals surface area contributed by atoms with E-state index in [1.54, 1.807) is 0 Å². The zero-order valence-corrected chi connectivity index (χ0v) is 21.8. The van der Waals surface area contributed by atoms with Crippen LogP contribution in [0.1, 0.15) is 43.5 Å². The zero-order valence-electron chi connectivity index (χ0n) is 21.8. The lowest BCUT2D eigenvalue weighted by atomic mass is 9.94. The molecule has 3 heterocycles. The van der Waals surface area contributed by atoms with E-state index < -0.39 is 0 Å². The normalized spacial score (nSPS) is 20.1. The molecule has 0 aliphatic carbocycles. The number of hydrogen-bond acceptors (Lipinski definition) is 3. The van der Waals surface area contributed by atoms with Gasteiger partial charge in [-0.3, -0.25) is 9.69 Å². The standard InChI is InChI=1S/C30H40N4O/c1-5-33-24(4)28(27-11-6-7-12-29(27)33)21-31-15-13-25(14-16-31)30(35)32-17-18-34(23(3)20-32)26-10-8-9-22(2)19-26/h6-12,19,23,25H,5,13-18,20-21H2,1-4H3. The molecule has 0 radical (unpaired) electrons. The predicted molar refractivity (Wildman–Crippen MR) is 145 cm³/mol. The number of para-hydroxylation sites is 1. The molecule has 5 rings (SSSR count). The van der Waals surface area contributed by atoms with Gasteiger partial charge in [0.1, 0.15) is 0 Å². The predicted octanol–water partition coefficient (Wildman–Crippen LogP) is 5.23. The molecule has 0 N–H and O–H groups in total. The van der Waals surface area contributed by atoms with E-state index in [9.17, 15) is 4.79 Å². The number of hydrogen-bond donors (Lipinski definition) is 0. The smallest absolute Gasteiger partial charge is 0.225 e. The molecule has 1 unspecified atom stereocenters. The van der Waals surface area contributed by atoms with E-state index >= 15 is 0 Å². The molecule has 2 aliphatic rings. The van der Waals surface area contributed by atoms with E-state index in [-0.39, 0.29) is 5.92 Å². The van der Waals surface area contributed by atoms with E-state index in [0.29, 0.717) is 11.9 Å². The number of likely N-dealkylation sites (tertiary alicyclic amines) is 1. The molecule has 0 saturated carbocycles. The summed E-state index contributed by atoms with van der Waals surface area (Å²) in [5.74, 6) is 0.543. The van der Waals surface area contributed by atoms with Gasteiger partial charge >= 0.3 is 0 Å². The number of anilines is 1. The molecule has 1 amide bonds. The molecule has 186 valence electrons. The Balaban J connectivity index is 1.18. The number of fused-ring (bicyclic) bond motifs is 1. The molecule has 1 aromatic heterocycles. The quantitative estimate of drug-likeness (QED) is 0.510. The van der Waals surface area contributed by atoms with Crippen molar-refractivity contribution in [2.24, 2.45) is 5.92 Å². The number of rotatable bonds is 5. The van der Waals surface area contributed by atoms with Gasteiger partial charge in [-0.05, 0) is 83.0 Å². The number of piperazine rings is 1. The second-order valence-corrected chi connectivity index (χ2v) is 10.5. The highest BCUT2D eigenvalue weighted by molar-refractivity contribution is 5.85. The maximum absolute atomic E-state index is 13.4. The lowest BCUT2D eigenvalue weighted by molar-refractivity contribution is -0.137. The molecule has 35 heavy (non-hydrogen) atoms. The number of carbonyl (C=O) groups excluding carboxylic acids is 1. The molecule has 5 nitrogen and oxygen atoms in total. The van der Waals surface area contributed by atoms with Crippen molar-refractivity contribution in [1.82, 2.24) is 14.4 Å². The highest BCUT2D eigenvalue weighted by Gasteiger charge is 2.33. The van der Waals surface area contributed by atoms with Gasteiger partial charge in [-0.1, -0.05) is 30.3 Å². The van der Waals surface area contributed by atoms with Crippen molar-refractivity contribution >= 4 is 22.5 Å². The van der Waals surface area contributed by atoms with Crippen molar-refractivity contribution in [3.05, 3.63) is 65.4 Å². The van der Waals surface area contributed by atoms with Gasteiger partial charge in [0.05, 0.1) is 0 Å². The fourth-order valence-corrected chi connectivity index (χ4v) is 6.28. The number of amides is 1. The Morgan fingerprint density at radius 2 is 1.74 bits per heavy atom. The van der Waals surface area contributed by atoms with Gasteiger partial charge in [0.25, 0.3) is 0 Å². The maximum Gasteiger partial charge on any atom is 0.225 e. The van der Waals surface area contributed by atoms with Crippen LogP contribution in [-0.2, 0) is 17.9 Å². The molecule has 1 atom stereocenters. The molecule has 5 heteroatoms. The van der Waals surface area contributed by atoms with Gasteiger partial charge in [0.15, 0.2) is 0 Å². The van der Waals surface area contributed by atoms with Crippen molar-refractivity contribution in [3.63, 3.8) is 0 Å². The molecular formula is C30H40N4O. The van der Waals surface area contributed by atoms with Crippen LogP contribution in [0.15, 0.2) is 48.5 Å². The second kappa shape index (κ2) is 10.1. The number of aryl methyl sites for hydroxylation is 2. The van der Waals surface area contributed by atoms with Gasteiger partial charge in [0, 0.05) is 67.0 Å². The average Bonchev–Trinajstić information content (AvgIpc) is 3.14. The highest BCUT2D eigenvalue weighted by atomic mass is 16.2. The van der Waals surface area contributed by atoms with Crippen LogP contribution in [0.25, 0.3) is 10.9 Å². The van der Waals surface area contributed by atoms with Crippen LogP contribution in [0, 0.1) is 19.8 Å². The Morgan fingerprint density at radius 1 is 0.971 bits per heavy atom. The first-order valence-corrected chi connectivity index (χ1v) is 13.4. The third-order valence-electron chi connectivity index (χ3n) is 8.27. The van der Waals surface area contributed by atoms with Crippen molar-refractivity contribution < 1.29 is 4.79 Å². The SMILES string of the molecule is CCn1c(C)c(CN2CCC(C(=O)N3CCN(c4cccc(C)c4)C(C)C3)CC2)c2ccccc21. The Morgan fingerprint density at radius 3 is 2.46 bits per heavy atom. The molecule has 0 spiro atoms. The Labute approximate surface area is 210 Å². The fourth-order valence-electron chi connectivity index (χ4n) is 6.28. The Bertz CT molecular complexity index is 1190. The van der Waals surface area contributed by atoms with Crippen LogP contribution in [0.3, 0.4) is 0 Å². The molecule has 2 aromatic carbocycles. The largest absolute Gasteiger partial charge is 0.365 e. The molecule has 2 fully saturated rings. The van der Waals surface area contributed by atoms with Crippen molar-refractivity contribution in [1.29, 1.82) is 0 Å². The number of benzene rings is 2. The highest BCUT2D eigenvalue weighted by Crippen LogP contribution is 2.30. The summed E-state index contributed by atoms with van der Waals surface area (Å²) in [5.41, 5.74) is 6.74. The molecule has 2 aliphatic heterocycles. The van der Waals surface area contributed by atoms with E-state index in [2.05, 4.69) is 95.5 Å². The minimum atomic E-state index is 0.169. The summed E-state index contributed by atoms with van der Waals surface area (Å²) in [4.78, 5) is 20.6. The monoisotopic (exact) mass is 472 g/mol. The minimum absolute atomic E-state index is 0.169.